The Bertz CT molecular complexity index is 4720. The average molecular weight is 1380 g/mol. The molecule has 8 fully saturated rings. The fraction of sp³-hybridized carbons (Fsp3) is 0.474. The van der Waals surface area contributed by atoms with E-state index in [0.717, 1.165) is 0 Å². The Morgan fingerprint density at radius 1 is 0.302 bits per heavy atom. The molecule has 8 saturated carbocycles. The van der Waals surface area contributed by atoms with Crippen molar-refractivity contribution in [3.63, 3.8) is 0 Å². The molecule has 20 heteroatoms. The summed E-state index contributed by atoms with van der Waals surface area (Å²) in [5.41, 5.74) is -6.49. The average Bonchev–Trinajstić information content (AvgIpc) is 0.932. The summed E-state index contributed by atoms with van der Waals surface area (Å²) in [5, 5.41) is 3.81. The van der Waals surface area contributed by atoms with Crippen LogP contribution in [0.5, 0.6) is 23.0 Å². The van der Waals surface area contributed by atoms with E-state index in [0.29, 0.717) is 106 Å². The third-order valence-corrected chi connectivity index (χ3v) is 32.4. The van der Waals surface area contributed by atoms with Crippen molar-refractivity contribution < 1.29 is 69.6 Å². The van der Waals surface area contributed by atoms with Gasteiger partial charge in [0.05, 0.1) is 44.7 Å². The molecule has 0 aromatic heterocycles. The minimum Gasteiger partial charge on any atom is -0.382 e. The van der Waals surface area contributed by atoms with Crippen molar-refractivity contribution in [3.05, 3.63) is 109 Å². The monoisotopic (exact) mass is 1370 g/mol. The largest absolute Gasteiger partial charge is 0.382 e. The Morgan fingerprint density at radius 3 is 0.667 bits per heavy atom. The maximum atomic E-state index is 15.2. The number of carbonyl (C=O) groups is 4. The Hall–Kier alpha value is -7.00. The predicted molar refractivity (Wildman–Crippen MR) is 369 cm³/mol. The van der Waals surface area contributed by atoms with Gasteiger partial charge >= 0.3 is 40.5 Å². The van der Waals surface area contributed by atoms with Crippen molar-refractivity contribution >= 4 is 128 Å². The maximum absolute atomic E-state index is 15.2. The number of Topliss-reactive ketones (excluding diaryl/α,β-unsaturated/α-hetero) is 4. The van der Waals surface area contributed by atoms with E-state index in [-0.39, 0.29) is 117 Å². The Labute approximate surface area is 560 Å². The first-order chi connectivity index (χ1) is 45.0. The Kier molecular flexibility index (Phi) is 13.5. The Morgan fingerprint density at radius 2 is 0.490 bits per heavy atom. The van der Waals surface area contributed by atoms with Crippen LogP contribution in [0.4, 0.5) is 0 Å². The van der Waals surface area contributed by atoms with Crippen LogP contribution >= 0.6 is 0 Å². The molecule has 0 radical (unpaired) electrons. The lowest BCUT2D eigenvalue weighted by molar-refractivity contribution is -0.128. The minimum absolute atomic E-state index is 0.00943. The van der Waals surface area contributed by atoms with Crippen molar-refractivity contribution in [1.29, 1.82) is 0 Å². The molecule has 0 unspecified atom stereocenters. The molecule has 6 aromatic carbocycles. The topological polar surface area (TPSA) is 242 Å². The van der Waals surface area contributed by atoms with Crippen molar-refractivity contribution in [1.82, 2.24) is 0 Å². The highest BCUT2D eigenvalue weighted by atomic mass is 32.2. The third-order valence-electron chi connectivity index (χ3n) is 27.3. The molecule has 10 aliphatic carbocycles. The second-order valence-corrected chi connectivity index (χ2v) is 38.3. The lowest BCUT2D eigenvalue weighted by atomic mass is 9.70. The molecule has 0 heterocycles. The van der Waals surface area contributed by atoms with E-state index in [2.05, 4.69) is 0 Å². The van der Waals surface area contributed by atoms with Crippen molar-refractivity contribution in [2.24, 2.45) is 67.0 Å². The molecule has 0 amide bonds. The highest BCUT2D eigenvalue weighted by Crippen LogP contribution is 2.68. The van der Waals surface area contributed by atoms with Crippen LogP contribution in [0.2, 0.25) is 0 Å². The van der Waals surface area contributed by atoms with Crippen LogP contribution in [0.15, 0.2) is 109 Å². The molecule has 16 rings (SSSR count). The van der Waals surface area contributed by atoms with Crippen LogP contribution in [0, 0.1) is 67.0 Å². The van der Waals surface area contributed by atoms with Gasteiger partial charge in [0, 0.05) is 47.2 Å². The van der Waals surface area contributed by atoms with E-state index in [4.69, 9.17) is 16.7 Å². The molecule has 0 spiro atoms. The zero-order chi connectivity index (χ0) is 67.9. The lowest BCUT2D eigenvalue weighted by Gasteiger charge is -2.35. The van der Waals surface area contributed by atoms with Gasteiger partial charge in [-0.25, -0.2) is 0 Å². The number of benzene rings is 6. The minimum atomic E-state index is -4.69. The van der Waals surface area contributed by atoms with Gasteiger partial charge < -0.3 is 16.7 Å². The van der Waals surface area contributed by atoms with Gasteiger partial charge in [-0.3, -0.25) is 19.2 Å². The van der Waals surface area contributed by atoms with E-state index in [1.165, 1.54) is 24.3 Å². The molecule has 502 valence electrons. The quantitative estimate of drug-likeness (QED) is 0.0817. The molecule has 0 saturated heterocycles. The summed E-state index contributed by atoms with van der Waals surface area (Å²) in [5.74, 6) is -3.78. The fourth-order valence-electron chi connectivity index (χ4n) is 21.2. The van der Waals surface area contributed by atoms with Gasteiger partial charge in [0.25, 0.3) is 0 Å². The normalized spacial score (nSPS) is 29.2. The Balaban J connectivity index is 0.999. The molecule has 0 aliphatic heterocycles. The van der Waals surface area contributed by atoms with Gasteiger partial charge in [0.2, 0.25) is 0 Å². The van der Waals surface area contributed by atoms with Crippen LogP contribution in [-0.4, -0.2) is 79.8 Å². The second-order valence-electron chi connectivity index (χ2n) is 32.0. The highest BCUT2D eigenvalue weighted by Gasteiger charge is 2.69. The third kappa shape index (κ3) is 8.63. The molecular weight excluding hydrogens is 1300 g/mol. The van der Waals surface area contributed by atoms with Crippen molar-refractivity contribution in [3.8, 4) is 34.1 Å². The van der Waals surface area contributed by atoms with Crippen LogP contribution < -0.4 is 16.7 Å². The van der Waals surface area contributed by atoms with E-state index >= 15 is 33.7 Å². The molecule has 6 aromatic rings. The van der Waals surface area contributed by atoms with Crippen molar-refractivity contribution in [2.45, 2.75) is 132 Å². The van der Waals surface area contributed by atoms with Crippen LogP contribution in [-0.2, 0) is 59.7 Å². The second kappa shape index (κ2) is 20.3. The van der Waals surface area contributed by atoms with Gasteiger partial charge in [0.15, 0.2) is 23.0 Å². The number of hydrogen-bond donors (Lipinski definition) is 0. The molecular formula is C76H78O16S4. The summed E-state index contributed by atoms with van der Waals surface area (Å²) in [7, 11) is -18.7. The number of rotatable bonds is 16. The first kappa shape index (κ1) is 63.7. The first-order valence-electron chi connectivity index (χ1n) is 33.7. The maximum Gasteiger partial charge on any atom is 0.310 e. The smallest absolute Gasteiger partial charge is 0.310 e. The van der Waals surface area contributed by atoms with E-state index < -0.39 is 107 Å². The number of hydrogen-bond acceptors (Lipinski definition) is 16. The predicted octanol–water partition coefficient (Wildman–Crippen LogP) is 14.7. The molecule has 8 bridgehead atoms. The number of ketones is 4. The molecule has 96 heavy (non-hydrogen) atoms. The van der Waals surface area contributed by atoms with Crippen molar-refractivity contribution in [2.75, 3.05) is 23.0 Å². The highest BCUT2D eigenvalue weighted by molar-refractivity contribution is 7.88. The summed E-state index contributed by atoms with van der Waals surface area (Å²) in [6, 6.07) is 30.5. The van der Waals surface area contributed by atoms with Gasteiger partial charge in [-0.2, -0.15) is 33.7 Å². The van der Waals surface area contributed by atoms with Crippen LogP contribution in [0.1, 0.15) is 132 Å². The summed E-state index contributed by atoms with van der Waals surface area (Å²) in [6.07, 6.45) is 5.16. The van der Waals surface area contributed by atoms with Crippen LogP contribution in [0.3, 0.4) is 0 Å². The first-order valence-corrected chi connectivity index (χ1v) is 40.0. The van der Waals surface area contributed by atoms with Gasteiger partial charge in [-0.1, -0.05) is 140 Å². The molecule has 0 N–H and O–H groups in total. The number of fused-ring (bicyclic) bond motifs is 18. The lowest BCUT2D eigenvalue weighted by Crippen LogP contribution is -2.43. The van der Waals surface area contributed by atoms with Crippen LogP contribution in [0.25, 0.3) is 75.8 Å². The zero-order valence-electron chi connectivity index (χ0n) is 55.2. The van der Waals surface area contributed by atoms with E-state index in [1.54, 1.807) is 60.7 Å². The summed E-state index contributed by atoms with van der Waals surface area (Å²) < 4.78 is 147. The standard InChI is InChI=1S/C76H78O16S4/c1-69(2)43-27-31-73(69,59(77)35-43)39-93(81,82)89-55-23-11-19-51-47-15-9-17-49-53-21-13-25-57(91-95(85,86)41-75-33-29-45(37-61(75)79)71(75,5)6)67(53)68-54(22-14-26-58(68)92-96(87,88)42-76-34-30-46(38-62(76)80)72(76,7)8)50-18-10-16-48(64(50)63(47)49)52-20-12-24-56(66(52)65(51)55)90-94(83,84)40-74-32-28-44(36-60(74)78)70(74,3)4/h9-26,43-46H,27-42H2,1-8H3/t43-,44-,45-,46-,73-,74-,75-,76-/m1/s1. The fourth-order valence-corrected chi connectivity index (χ4v) is 28.2. The van der Waals surface area contributed by atoms with Gasteiger partial charge in [-0.15, -0.1) is 0 Å². The molecule has 10 aliphatic rings. The summed E-state index contributed by atoms with van der Waals surface area (Å²) >= 11 is 0. The molecule has 8 atom stereocenters. The van der Waals surface area contributed by atoms with Gasteiger partial charge in [-0.05, 0) is 175 Å². The number of carbonyl (C=O) groups excluding carboxylic acids is 4. The van der Waals surface area contributed by atoms with E-state index in [1.807, 2.05) is 79.7 Å². The summed E-state index contributed by atoms with van der Waals surface area (Å²) in [6.45, 7) is 15.5. The zero-order valence-corrected chi connectivity index (χ0v) is 58.4. The SMILES string of the molecule is CC1(C)[C@@H]2CC[C@@]1(CS(=O)(=O)Oc1cccc3c4cccc5c4-c4c(cccc4c4cccc(OS(=O)(=O)C[C@]67CC[C@H](CC6=O)C7(C)C)c4c4c(OS(=O)(=O)C[C@]67CC[C@H](CC6=O)C7(C)C)cccc54)c4cccc(OS(=O)(=O)C[C@]56CC[C@H](CC5=O)C6(C)C)c4c13)C(=O)C2. The van der Waals surface area contributed by atoms with Gasteiger partial charge in [0.1, 0.15) is 23.1 Å². The van der Waals surface area contributed by atoms with E-state index in [9.17, 15) is 19.2 Å². The summed E-state index contributed by atoms with van der Waals surface area (Å²) in [4.78, 5) is 56.2. The molecule has 16 nitrogen and oxygen atoms in total.